The van der Waals surface area contributed by atoms with Crippen LogP contribution in [0.4, 0.5) is 0 Å². The highest BCUT2D eigenvalue weighted by Gasteiger charge is 2.52. The van der Waals surface area contributed by atoms with Crippen LogP contribution in [0.2, 0.25) is 0 Å². The van der Waals surface area contributed by atoms with E-state index in [1.807, 2.05) is 6.07 Å². The summed E-state index contributed by atoms with van der Waals surface area (Å²) in [5.74, 6) is 1.17. The third-order valence-corrected chi connectivity index (χ3v) is 6.48. The largest absolute Gasteiger partial charge is 0.446 e. The molecule has 3 atom stereocenters. The van der Waals surface area contributed by atoms with Gasteiger partial charge >= 0.3 is 10.4 Å². The van der Waals surface area contributed by atoms with E-state index in [1.54, 1.807) is 12.1 Å². The number of fused-ring (bicyclic) bond motifs is 5. The summed E-state index contributed by atoms with van der Waals surface area (Å²) >= 11 is 0. The van der Waals surface area contributed by atoms with Crippen molar-refractivity contribution in [2.75, 3.05) is 0 Å². The molecule has 24 heavy (non-hydrogen) atoms. The van der Waals surface area contributed by atoms with Gasteiger partial charge < -0.3 is 4.18 Å². The third kappa shape index (κ3) is 2.40. The zero-order valence-electron chi connectivity index (χ0n) is 13.5. The molecule has 2 fully saturated rings. The minimum Gasteiger partial charge on any atom is -0.362 e. The molecule has 4 rings (SSSR count). The van der Waals surface area contributed by atoms with Gasteiger partial charge in [-0.05, 0) is 54.9 Å². The van der Waals surface area contributed by atoms with Crippen LogP contribution in [0.15, 0.2) is 29.8 Å². The fourth-order valence-electron chi connectivity index (χ4n) is 4.90. The van der Waals surface area contributed by atoms with Crippen LogP contribution in [0.3, 0.4) is 0 Å². The molecular formula is C18H20O5S. The number of Topliss-reactive ketones (excluding diaryl/α,β-unsaturated/α-hetero) is 1. The lowest BCUT2D eigenvalue weighted by atomic mass is 9.60. The van der Waals surface area contributed by atoms with Crippen LogP contribution in [0, 0.1) is 11.3 Å². The monoisotopic (exact) mass is 348 g/mol. The van der Waals surface area contributed by atoms with Crippen LogP contribution in [0.5, 0.6) is 5.75 Å². The summed E-state index contributed by atoms with van der Waals surface area (Å²) in [7, 11) is -4.51. The number of ketones is 1. The Balaban J connectivity index is 1.68. The molecule has 6 heteroatoms. The second-order valence-corrected chi connectivity index (χ2v) is 8.33. The lowest BCUT2D eigenvalue weighted by Crippen LogP contribution is -2.37. The van der Waals surface area contributed by atoms with Crippen LogP contribution >= 0.6 is 0 Å². The Bertz CT molecular complexity index is 854. The van der Waals surface area contributed by atoms with Crippen LogP contribution in [0.1, 0.15) is 49.7 Å². The van der Waals surface area contributed by atoms with E-state index in [0.717, 1.165) is 24.8 Å². The molecule has 3 aliphatic carbocycles. The fraction of sp³-hybridized carbons (Fsp3) is 0.500. The van der Waals surface area contributed by atoms with Gasteiger partial charge in [-0.2, -0.15) is 8.42 Å². The number of hydrogen-bond donors (Lipinski definition) is 1. The smallest absolute Gasteiger partial charge is 0.362 e. The van der Waals surface area contributed by atoms with Crippen molar-refractivity contribution in [2.45, 2.75) is 44.9 Å². The van der Waals surface area contributed by atoms with Crippen molar-refractivity contribution >= 4 is 16.2 Å². The molecule has 1 unspecified atom stereocenters. The maximum absolute atomic E-state index is 12.3. The highest BCUT2D eigenvalue weighted by Crippen LogP contribution is 2.57. The molecule has 1 N–H and O–H groups in total. The van der Waals surface area contributed by atoms with Crippen molar-refractivity contribution in [3.8, 4) is 5.75 Å². The van der Waals surface area contributed by atoms with Gasteiger partial charge in [-0.1, -0.05) is 24.6 Å². The van der Waals surface area contributed by atoms with Gasteiger partial charge in [0.05, 0.1) is 0 Å². The normalized spacial score (nSPS) is 31.8. The van der Waals surface area contributed by atoms with Crippen molar-refractivity contribution in [2.24, 2.45) is 11.3 Å². The minimum atomic E-state index is -4.51. The Hall–Kier alpha value is -1.66. The predicted molar refractivity (Wildman–Crippen MR) is 88.2 cm³/mol. The summed E-state index contributed by atoms with van der Waals surface area (Å²) in [4.78, 5) is 12.3. The van der Waals surface area contributed by atoms with Gasteiger partial charge in [-0.25, -0.2) is 0 Å². The molecule has 0 amide bonds. The van der Waals surface area contributed by atoms with Crippen molar-refractivity contribution in [1.29, 1.82) is 0 Å². The summed E-state index contributed by atoms with van der Waals surface area (Å²) < 4.78 is 35.1. The van der Waals surface area contributed by atoms with Gasteiger partial charge in [0.1, 0.15) is 11.5 Å². The van der Waals surface area contributed by atoms with Crippen LogP contribution in [0.25, 0.3) is 0 Å². The van der Waals surface area contributed by atoms with E-state index in [0.29, 0.717) is 30.5 Å². The number of benzene rings is 1. The van der Waals surface area contributed by atoms with E-state index < -0.39 is 10.4 Å². The molecule has 0 bridgehead atoms. The van der Waals surface area contributed by atoms with Crippen molar-refractivity contribution in [3.63, 3.8) is 0 Å². The van der Waals surface area contributed by atoms with Crippen molar-refractivity contribution in [3.05, 3.63) is 41.0 Å². The first kappa shape index (κ1) is 15.8. The van der Waals surface area contributed by atoms with Gasteiger partial charge in [0.25, 0.3) is 0 Å². The summed E-state index contributed by atoms with van der Waals surface area (Å²) in [5, 5.41) is 0. The van der Waals surface area contributed by atoms with Gasteiger partial charge in [0, 0.05) is 17.8 Å². The van der Waals surface area contributed by atoms with Gasteiger partial charge in [0.15, 0.2) is 0 Å². The van der Waals surface area contributed by atoms with Gasteiger partial charge in [-0.3, -0.25) is 9.35 Å². The zero-order chi connectivity index (χ0) is 17.1. The molecule has 0 saturated heterocycles. The van der Waals surface area contributed by atoms with Gasteiger partial charge in [0.2, 0.25) is 0 Å². The molecule has 1 aromatic carbocycles. The van der Waals surface area contributed by atoms with Crippen molar-refractivity contribution < 1.29 is 21.9 Å². The summed E-state index contributed by atoms with van der Waals surface area (Å²) in [6.07, 6.45) is 6.38. The lowest BCUT2D eigenvalue weighted by Gasteiger charge is -2.43. The average Bonchev–Trinajstić information content (AvgIpc) is 2.81. The molecule has 0 spiro atoms. The van der Waals surface area contributed by atoms with E-state index in [9.17, 15) is 13.2 Å². The number of carbonyl (C=O) groups excluding carboxylic acids is 1. The topological polar surface area (TPSA) is 80.7 Å². The Labute approximate surface area is 141 Å². The van der Waals surface area contributed by atoms with Crippen LogP contribution < -0.4 is 4.18 Å². The maximum Gasteiger partial charge on any atom is 0.446 e. The van der Waals surface area contributed by atoms with E-state index in [-0.39, 0.29) is 11.2 Å². The third-order valence-electron chi connectivity index (χ3n) is 6.07. The van der Waals surface area contributed by atoms with E-state index in [4.69, 9.17) is 4.55 Å². The van der Waals surface area contributed by atoms with E-state index in [1.165, 1.54) is 11.1 Å². The standard InChI is InChI=1S/C18H20O5S/c1-18-9-8-14-13-5-3-12(23-24(20,21)22)10-11(13)2-4-15(14)16(18)6-7-17(18)19/h3-5,10,14,16H,2,6-9H2,1H3,(H,20,21,22)/t14-,16+,18?/m1/s1. The molecule has 3 aliphatic rings. The molecule has 5 nitrogen and oxygen atoms in total. The number of rotatable bonds is 2. The van der Waals surface area contributed by atoms with E-state index >= 15 is 0 Å². The molecule has 128 valence electrons. The Morgan fingerprint density at radius 2 is 2.08 bits per heavy atom. The number of allylic oxidation sites excluding steroid dienone is 2. The fourth-order valence-corrected chi connectivity index (χ4v) is 5.24. The molecule has 0 heterocycles. The molecule has 1 aromatic rings. The minimum absolute atomic E-state index is 0.129. The predicted octanol–water partition coefficient (Wildman–Crippen LogP) is 3.21. The molecule has 2 saturated carbocycles. The average molecular weight is 348 g/mol. The highest BCUT2D eigenvalue weighted by molar-refractivity contribution is 7.81. The summed E-state index contributed by atoms with van der Waals surface area (Å²) in [5.41, 5.74) is 3.40. The first-order valence-electron chi connectivity index (χ1n) is 8.31. The maximum atomic E-state index is 12.3. The summed E-state index contributed by atoms with van der Waals surface area (Å²) in [6, 6.07) is 5.17. The number of carbonyl (C=O) groups is 1. The molecule has 0 radical (unpaired) electrons. The molecular weight excluding hydrogens is 328 g/mol. The SMILES string of the molecule is CC12CC[C@H]3C(=CCc4cc(OS(=O)(=O)O)ccc43)[C@@H]1CCC2=O. The zero-order valence-corrected chi connectivity index (χ0v) is 14.3. The first-order chi connectivity index (χ1) is 11.3. The Kier molecular flexibility index (Phi) is 3.41. The second-order valence-electron chi connectivity index (χ2n) is 7.30. The van der Waals surface area contributed by atoms with E-state index in [2.05, 4.69) is 17.2 Å². The van der Waals surface area contributed by atoms with Crippen LogP contribution in [-0.2, 0) is 21.6 Å². The first-order valence-corrected chi connectivity index (χ1v) is 9.67. The Morgan fingerprint density at radius 1 is 1.29 bits per heavy atom. The second kappa shape index (κ2) is 5.17. The van der Waals surface area contributed by atoms with Crippen LogP contribution in [-0.4, -0.2) is 18.8 Å². The summed E-state index contributed by atoms with van der Waals surface area (Å²) in [6.45, 7) is 2.11. The highest BCUT2D eigenvalue weighted by atomic mass is 32.3. The molecule has 0 aliphatic heterocycles. The Morgan fingerprint density at radius 3 is 2.83 bits per heavy atom. The molecule has 0 aromatic heterocycles. The quantitative estimate of drug-likeness (QED) is 0.656. The van der Waals surface area contributed by atoms with Gasteiger partial charge in [-0.15, -0.1) is 0 Å². The number of hydrogen-bond acceptors (Lipinski definition) is 4. The van der Waals surface area contributed by atoms with Crippen molar-refractivity contribution in [1.82, 2.24) is 0 Å². The lowest BCUT2D eigenvalue weighted by molar-refractivity contribution is -0.126.